The minimum absolute atomic E-state index is 1.15. The zero-order chi connectivity index (χ0) is 18.7. The van der Waals surface area contributed by atoms with E-state index < -0.39 is 0 Å². The Hall–Kier alpha value is -3.27. The van der Waals surface area contributed by atoms with Gasteiger partial charge in [-0.3, -0.25) is 0 Å². The first-order chi connectivity index (χ1) is 13.1. The smallest absolute Gasteiger partial charge is 0.266 e. The maximum absolute atomic E-state index is 2.38. The standard InChI is InChI=1S/C23H23N4/c1-16-17(2)27(23-22(16)19-12-8-9-13-20(19)25(23)4)21-14-26(15-24(21)3)18-10-6-5-7-11-18/h5-15H,1-4H3/q+1. The van der Waals surface area contributed by atoms with Crippen LogP contribution in [0.1, 0.15) is 11.3 Å². The Morgan fingerprint density at radius 2 is 1.59 bits per heavy atom. The van der Waals surface area contributed by atoms with E-state index in [9.17, 15) is 0 Å². The van der Waals surface area contributed by atoms with E-state index in [1.54, 1.807) is 0 Å². The monoisotopic (exact) mass is 355 g/mol. The molecule has 0 spiro atoms. The van der Waals surface area contributed by atoms with Gasteiger partial charge in [0.05, 0.1) is 18.3 Å². The van der Waals surface area contributed by atoms with Gasteiger partial charge in [-0.1, -0.05) is 36.4 Å². The Balaban J connectivity index is 1.84. The maximum Gasteiger partial charge on any atom is 0.266 e. The third kappa shape index (κ3) is 2.13. The summed E-state index contributed by atoms with van der Waals surface area (Å²) in [5.74, 6) is 1.15. The van der Waals surface area contributed by atoms with Crippen molar-refractivity contribution in [3.8, 4) is 11.5 Å². The number of rotatable bonds is 2. The zero-order valence-electron chi connectivity index (χ0n) is 16.1. The molecule has 0 aliphatic rings. The average Bonchev–Trinajstić information content (AvgIpc) is 3.29. The van der Waals surface area contributed by atoms with Crippen molar-refractivity contribution < 1.29 is 4.57 Å². The molecule has 4 nitrogen and oxygen atoms in total. The molecule has 0 saturated heterocycles. The Labute approximate surface area is 158 Å². The fourth-order valence-corrected chi connectivity index (χ4v) is 4.25. The molecule has 3 aromatic heterocycles. The minimum Gasteiger partial charge on any atom is -0.317 e. The second kappa shape index (κ2) is 5.61. The highest BCUT2D eigenvalue weighted by Crippen LogP contribution is 2.35. The van der Waals surface area contributed by atoms with E-state index in [-0.39, 0.29) is 0 Å². The summed E-state index contributed by atoms with van der Waals surface area (Å²) in [5, 5.41) is 2.66. The first-order valence-corrected chi connectivity index (χ1v) is 9.26. The van der Waals surface area contributed by atoms with Crippen LogP contribution in [0.25, 0.3) is 33.4 Å². The van der Waals surface area contributed by atoms with E-state index in [1.807, 2.05) is 6.07 Å². The molecule has 2 aromatic carbocycles. The molecule has 0 bridgehead atoms. The van der Waals surface area contributed by atoms with Crippen LogP contribution >= 0.6 is 0 Å². The van der Waals surface area contributed by atoms with Gasteiger partial charge in [-0.15, -0.1) is 0 Å². The molecule has 27 heavy (non-hydrogen) atoms. The summed E-state index contributed by atoms with van der Waals surface area (Å²) in [6, 6.07) is 19.1. The van der Waals surface area contributed by atoms with Gasteiger partial charge in [0, 0.05) is 17.8 Å². The fraction of sp³-hybridized carbons (Fsp3) is 0.174. The molecule has 0 amide bonds. The van der Waals surface area contributed by atoms with Crippen molar-refractivity contribution in [3.05, 3.63) is 78.4 Å². The van der Waals surface area contributed by atoms with Gasteiger partial charge in [-0.2, -0.15) is 0 Å². The summed E-state index contributed by atoms with van der Waals surface area (Å²) in [4.78, 5) is 0. The number of fused-ring (bicyclic) bond motifs is 3. The lowest BCUT2D eigenvalue weighted by molar-refractivity contribution is -0.665. The van der Waals surface area contributed by atoms with Crippen LogP contribution < -0.4 is 4.57 Å². The SMILES string of the molecule is Cc1c(C)n(-c2cn(-c3ccccc3)c[n+]2C)c2c1c1ccccc1n2C. The molecule has 5 aromatic rings. The molecule has 4 heteroatoms. The highest BCUT2D eigenvalue weighted by atomic mass is 15.2. The Bertz CT molecular complexity index is 1300. The van der Waals surface area contributed by atoms with Gasteiger partial charge in [0.2, 0.25) is 0 Å². The summed E-state index contributed by atoms with van der Waals surface area (Å²) in [6.07, 6.45) is 4.34. The van der Waals surface area contributed by atoms with Crippen LogP contribution in [-0.4, -0.2) is 13.7 Å². The summed E-state index contributed by atoms with van der Waals surface area (Å²) >= 11 is 0. The summed E-state index contributed by atoms with van der Waals surface area (Å²) in [7, 11) is 4.27. The lowest BCUT2D eigenvalue weighted by atomic mass is 10.1. The number of para-hydroxylation sites is 2. The summed E-state index contributed by atoms with van der Waals surface area (Å²) < 4.78 is 9.06. The number of aryl methyl sites for hydroxylation is 3. The number of imidazole rings is 1. The first kappa shape index (κ1) is 15.9. The number of aromatic nitrogens is 4. The second-order valence-corrected chi connectivity index (χ2v) is 7.28. The molecular formula is C23H23N4+. The fourth-order valence-electron chi connectivity index (χ4n) is 4.25. The van der Waals surface area contributed by atoms with Gasteiger partial charge in [0.15, 0.2) is 12.0 Å². The van der Waals surface area contributed by atoms with Crippen molar-refractivity contribution in [2.75, 3.05) is 0 Å². The molecule has 0 unspecified atom stereocenters. The number of hydrogen-bond acceptors (Lipinski definition) is 0. The van der Waals surface area contributed by atoms with Gasteiger partial charge in [0.25, 0.3) is 5.82 Å². The molecule has 0 aliphatic carbocycles. The number of hydrogen-bond donors (Lipinski definition) is 0. The van der Waals surface area contributed by atoms with Crippen LogP contribution in [0.3, 0.4) is 0 Å². The second-order valence-electron chi connectivity index (χ2n) is 7.28. The minimum atomic E-state index is 1.15. The number of nitrogens with zero attached hydrogens (tertiary/aromatic N) is 4. The van der Waals surface area contributed by atoms with Gasteiger partial charge in [-0.25, -0.2) is 13.7 Å². The van der Waals surface area contributed by atoms with Crippen LogP contribution in [-0.2, 0) is 14.1 Å². The largest absolute Gasteiger partial charge is 0.317 e. The van der Waals surface area contributed by atoms with E-state index in [4.69, 9.17) is 0 Å². The summed E-state index contributed by atoms with van der Waals surface area (Å²) in [5.41, 5.74) is 6.29. The predicted octanol–water partition coefficient (Wildman–Crippen LogP) is 4.35. The van der Waals surface area contributed by atoms with Crippen molar-refractivity contribution in [1.82, 2.24) is 13.7 Å². The average molecular weight is 355 g/mol. The van der Waals surface area contributed by atoms with E-state index >= 15 is 0 Å². The van der Waals surface area contributed by atoms with Gasteiger partial charge < -0.3 is 4.57 Å². The molecule has 0 atom stereocenters. The van der Waals surface area contributed by atoms with Crippen molar-refractivity contribution in [3.63, 3.8) is 0 Å². The van der Waals surface area contributed by atoms with Crippen LogP contribution in [0.2, 0.25) is 0 Å². The Kier molecular flexibility index (Phi) is 3.31. The molecule has 0 aliphatic heterocycles. The number of benzene rings is 2. The maximum atomic E-state index is 2.38. The van der Waals surface area contributed by atoms with E-state index in [2.05, 4.69) is 107 Å². The first-order valence-electron chi connectivity index (χ1n) is 9.26. The topological polar surface area (TPSA) is 18.7 Å². The van der Waals surface area contributed by atoms with Crippen molar-refractivity contribution >= 4 is 21.9 Å². The highest BCUT2D eigenvalue weighted by molar-refractivity contribution is 6.09. The molecule has 134 valence electrons. The predicted molar refractivity (Wildman–Crippen MR) is 110 cm³/mol. The van der Waals surface area contributed by atoms with Gasteiger partial charge in [-0.05, 0) is 37.6 Å². The quantitative estimate of drug-likeness (QED) is 0.419. The molecule has 0 N–H and O–H groups in total. The van der Waals surface area contributed by atoms with E-state index in [1.165, 1.54) is 33.2 Å². The van der Waals surface area contributed by atoms with E-state index in [0.29, 0.717) is 0 Å². The van der Waals surface area contributed by atoms with Crippen molar-refractivity contribution in [2.45, 2.75) is 13.8 Å². The third-order valence-corrected chi connectivity index (χ3v) is 5.74. The lowest BCUT2D eigenvalue weighted by Crippen LogP contribution is -2.31. The molecule has 0 saturated carbocycles. The molecule has 0 fully saturated rings. The van der Waals surface area contributed by atoms with E-state index in [0.717, 1.165) is 11.5 Å². The van der Waals surface area contributed by atoms with Gasteiger partial charge >= 0.3 is 0 Å². The highest BCUT2D eigenvalue weighted by Gasteiger charge is 2.26. The molecule has 5 rings (SSSR count). The molecular weight excluding hydrogens is 332 g/mol. The molecule has 0 radical (unpaired) electrons. The Morgan fingerprint density at radius 1 is 0.889 bits per heavy atom. The molecule has 3 heterocycles. The van der Waals surface area contributed by atoms with Gasteiger partial charge in [0.1, 0.15) is 11.9 Å². The van der Waals surface area contributed by atoms with Crippen LogP contribution in [0.4, 0.5) is 0 Å². The normalized spacial score (nSPS) is 11.7. The van der Waals surface area contributed by atoms with Crippen LogP contribution in [0, 0.1) is 13.8 Å². The summed E-state index contributed by atoms with van der Waals surface area (Å²) in [6.45, 7) is 4.44. The van der Waals surface area contributed by atoms with Crippen molar-refractivity contribution in [1.29, 1.82) is 0 Å². The third-order valence-electron chi connectivity index (χ3n) is 5.74. The van der Waals surface area contributed by atoms with Crippen molar-refractivity contribution in [2.24, 2.45) is 14.1 Å². The lowest BCUT2D eigenvalue weighted by Gasteiger charge is -2.04. The van der Waals surface area contributed by atoms with Crippen LogP contribution in [0.5, 0.6) is 0 Å². The zero-order valence-corrected chi connectivity index (χ0v) is 16.1. The Morgan fingerprint density at radius 3 is 2.37 bits per heavy atom. The van der Waals surface area contributed by atoms with Crippen LogP contribution in [0.15, 0.2) is 67.1 Å².